The van der Waals surface area contributed by atoms with Crippen LogP contribution >= 0.6 is 0 Å². The largest absolute Gasteiger partial charge is 0.447 e. The van der Waals surface area contributed by atoms with E-state index in [0.717, 1.165) is 16.5 Å². The second kappa shape index (κ2) is 8.34. The van der Waals surface area contributed by atoms with Gasteiger partial charge in [-0.25, -0.2) is 4.98 Å². The molecule has 8 nitrogen and oxygen atoms in total. The number of nitrogens with zero attached hydrogens (tertiary/aromatic N) is 2. The van der Waals surface area contributed by atoms with Crippen molar-refractivity contribution in [3.63, 3.8) is 0 Å². The molecular weight excluding hydrogens is 356 g/mol. The van der Waals surface area contributed by atoms with Crippen molar-refractivity contribution in [1.29, 1.82) is 5.41 Å². The first-order valence-electron chi connectivity index (χ1n) is 8.81. The second-order valence-electron chi connectivity index (χ2n) is 6.49. The zero-order valence-corrected chi connectivity index (χ0v) is 15.7. The molecule has 3 rings (SSSR count). The van der Waals surface area contributed by atoms with E-state index in [-0.39, 0.29) is 18.5 Å². The van der Waals surface area contributed by atoms with E-state index in [9.17, 15) is 4.79 Å². The summed E-state index contributed by atoms with van der Waals surface area (Å²) in [5, 5.41) is 14.5. The highest BCUT2D eigenvalue weighted by Gasteiger charge is 2.17. The average molecular weight is 378 g/mol. The third kappa shape index (κ3) is 4.01. The van der Waals surface area contributed by atoms with Crippen molar-refractivity contribution in [2.45, 2.75) is 26.4 Å². The molecule has 0 aliphatic rings. The van der Waals surface area contributed by atoms with Crippen LogP contribution in [0.25, 0.3) is 16.5 Å². The predicted molar refractivity (Wildman–Crippen MR) is 109 cm³/mol. The zero-order chi connectivity index (χ0) is 20.1. The maximum Gasteiger partial charge on any atom is 0.255 e. The van der Waals surface area contributed by atoms with E-state index >= 15 is 0 Å². The van der Waals surface area contributed by atoms with Gasteiger partial charge in [-0.3, -0.25) is 9.78 Å². The molecule has 28 heavy (non-hydrogen) atoms. The monoisotopic (exact) mass is 378 g/mol. The smallest absolute Gasteiger partial charge is 0.255 e. The van der Waals surface area contributed by atoms with Crippen molar-refractivity contribution in [2.75, 3.05) is 5.32 Å². The lowest BCUT2D eigenvalue weighted by Crippen LogP contribution is -2.25. The number of anilines is 1. The van der Waals surface area contributed by atoms with Crippen LogP contribution in [-0.2, 0) is 6.54 Å². The Morgan fingerprint density at radius 2 is 2.18 bits per heavy atom. The summed E-state index contributed by atoms with van der Waals surface area (Å²) in [5.74, 6) is 0.285. The number of amides is 1. The lowest BCUT2D eigenvalue weighted by molar-refractivity contribution is 0.0948. The summed E-state index contributed by atoms with van der Waals surface area (Å²) in [7, 11) is 0. The SMILES string of the molecule is CC(C)Nc1c(C(=O)NCc2cnco2)cnc2ccc(/C(C=N)=C/N)cc12. The number of carbonyl (C=O) groups excluding carboxylic acids is 1. The highest BCUT2D eigenvalue weighted by Crippen LogP contribution is 2.29. The molecule has 1 aromatic carbocycles. The fraction of sp³-hybridized carbons (Fsp3) is 0.200. The summed E-state index contributed by atoms with van der Waals surface area (Å²) in [4.78, 5) is 21.1. The molecule has 1 amide bonds. The second-order valence-corrected chi connectivity index (χ2v) is 6.49. The Hall–Kier alpha value is -3.68. The Morgan fingerprint density at radius 1 is 1.36 bits per heavy atom. The van der Waals surface area contributed by atoms with Gasteiger partial charge in [-0.15, -0.1) is 0 Å². The summed E-state index contributed by atoms with van der Waals surface area (Å²) in [6.45, 7) is 4.22. The Morgan fingerprint density at radius 3 is 2.82 bits per heavy atom. The number of hydrogen-bond acceptors (Lipinski definition) is 7. The van der Waals surface area contributed by atoms with Gasteiger partial charge in [0.1, 0.15) is 5.76 Å². The number of rotatable bonds is 7. The maximum atomic E-state index is 12.8. The summed E-state index contributed by atoms with van der Waals surface area (Å²) >= 11 is 0. The van der Waals surface area contributed by atoms with Gasteiger partial charge < -0.3 is 26.2 Å². The van der Waals surface area contributed by atoms with Gasteiger partial charge in [0.2, 0.25) is 0 Å². The Balaban J connectivity index is 2.05. The third-order valence-corrected chi connectivity index (χ3v) is 4.12. The highest BCUT2D eigenvalue weighted by atomic mass is 16.3. The normalized spacial score (nSPS) is 11.6. The Labute approximate surface area is 162 Å². The predicted octanol–water partition coefficient (Wildman–Crippen LogP) is 2.92. The lowest BCUT2D eigenvalue weighted by Gasteiger charge is -2.17. The van der Waals surface area contributed by atoms with E-state index in [1.807, 2.05) is 32.0 Å². The van der Waals surface area contributed by atoms with Gasteiger partial charge in [-0.2, -0.15) is 0 Å². The van der Waals surface area contributed by atoms with Crippen LogP contribution in [0.1, 0.15) is 35.5 Å². The minimum atomic E-state index is -0.277. The number of benzene rings is 1. The third-order valence-electron chi connectivity index (χ3n) is 4.12. The summed E-state index contributed by atoms with van der Waals surface area (Å²) in [5.41, 5.74) is 8.81. The number of oxazole rings is 1. The van der Waals surface area contributed by atoms with Gasteiger partial charge in [0.15, 0.2) is 6.39 Å². The van der Waals surface area contributed by atoms with Crippen LogP contribution in [0.3, 0.4) is 0 Å². The first kappa shape index (κ1) is 19.1. The first-order valence-corrected chi connectivity index (χ1v) is 8.81. The Kier molecular flexibility index (Phi) is 5.69. The van der Waals surface area contributed by atoms with E-state index in [0.29, 0.717) is 22.6 Å². The molecule has 0 bridgehead atoms. The van der Waals surface area contributed by atoms with Gasteiger partial charge in [0.25, 0.3) is 5.91 Å². The summed E-state index contributed by atoms with van der Waals surface area (Å²) in [6.07, 6.45) is 7.00. The number of fused-ring (bicyclic) bond motifs is 1. The summed E-state index contributed by atoms with van der Waals surface area (Å²) in [6, 6.07) is 5.67. The first-order chi connectivity index (χ1) is 13.5. The van der Waals surface area contributed by atoms with Gasteiger partial charge in [-0.05, 0) is 31.5 Å². The van der Waals surface area contributed by atoms with Gasteiger partial charge >= 0.3 is 0 Å². The number of aromatic nitrogens is 2. The summed E-state index contributed by atoms with van der Waals surface area (Å²) < 4.78 is 5.16. The van der Waals surface area contributed by atoms with Crippen LogP contribution < -0.4 is 16.4 Å². The molecule has 0 aliphatic carbocycles. The van der Waals surface area contributed by atoms with Gasteiger partial charge in [0.05, 0.1) is 29.5 Å². The molecule has 0 unspecified atom stereocenters. The van der Waals surface area contributed by atoms with Crippen LogP contribution in [0, 0.1) is 5.41 Å². The number of pyridine rings is 1. The molecule has 2 heterocycles. The quantitative estimate of drug-likeness (QED) is 0.468. The molecule has 0 radical (unpaired) electrons. The number of nitrogens with two attached hydrogens (primary N) is 1. The number of hydrogen-bond donors (Lipinski definition) is 4. The van der Waals surface area contributed by atoms with E-state index in [2.05, 4.69) is 20.6 Å². The molecule has 8 heteroatoms. The topological polar surface area (TPSA) is 130 Å². The van der Waals surface area contributed by atoms with E-state index in [1.165, 1.54) is 18.8 Å². The average Bonchev–Trinajstić information content (AvgIpc) is 3.20. The molecule has 0 saturated heterocycles. The lowest BCUT2D eigenvalue weighted by atomic mass is 10.0. The van der Waals surface area contributed by atoms with E-state index in [4.69, 9.17) is 15.6 Å². The molecule has 144 valence electrons. The van der Waals surface area contributed by atoms with Gasteiger partial charge in [-0.1, -0.05) is 6.07 Å². The number of carbonyl (C=O) groups is 1. The maximum absolute atomic E-state index is 12.8. The van der Waals surface area contributed by atoms with Crippen molar-refractivity contribution in [1.82, 2.24) is 15.3 Å². The number of nitrogens with one attached hydrogen (secondary N) is 3. The van der Waals surface area contributed by atoms with Crippen molar-refractivity contribution in [3.8, 4) is 0 Å². The van der Waals surface area contributed by atoms with Crippen LogP contribution in [0.15, 0.2) is 47.6 Å². The van der Waals surface area contributed by atoms with Crippen LogP contribution in [0.2, 0.25) is 0 Å². The molecule has 0 aliphatic heterocycles. The van der Waals surface area contributed by atoms with Crippen molar-refractivity contribution in [3.05, 3.63) is 60.1 Å². The minimum absolute atomic E-state index is 0.0994. The van der Waals surface area contributed by atoms with Crippen molar-refractivity contribution in [2.24, 2.45) is 5.73 Å². The minimum Gasteiger partial charge on any atom is -0.447 e. The molecule has 0 atom stereocenters. The van der Waals surface area contributed by atoms with Crippen molar-refractivity contribution >= 4 is 34.3 Å². The molecular formula is C20H22N6O2. The fourth-order valence-electron chi connectivity index (χ4n) is 2.81. The van der Waals surface area contributed by atoms with Crippen LogP contribution in [0.5, 0.6) is 0 Å². The van der Waals surface area contributed by atoms with Gasteiger partial charge in [0, 0.05) is 35.6 Å². The highest BCUT2D eigenvalue weighted by molar-refractivity contribution is 6.11. The van der Waals surface area contributed by atoms with E-state index in [1.54, 1.807) is 12.4 Å². The Bertz CT molecular complexity index is 1020. The van der Waals surface area contributed by atoms with Crippen LogP contribution in [-0.4, -0.2) is 28.1 Å². The molecule has 0 spiro atoms. The van der Waals surface area contributed by atoms with E-state index < -0.39 is 0 Å². The molecule has 3 aromatic rings. The molecule has 5 N–H and O–H groups in total. The zero-order valence-electron chi connectivity index (χ0n) is 15.7. The number of allylic oxidation sites excluding steroid dienone is 1. The molecule has 2 aromatic heterocycles. The fourth-order valence-corrected chi connectivity index (χ4v) is 2.81. The molecule has 0 saturated carbocycles. The molecule has 0 fully saturated rings. The van der Waals surface area contributed by atoms with Crippen molar-refractivity contribution < 1.29 is 9.21 Å². The standard InChI is InChI=1S/C20H22N6O2/c1-12(2)26-19-16-5-13(14(6-21)7-22)3-4-18(16)24-10-17(19)20(27)25-9-15-8-23-11-28-15/h3-8,10-12,21H,9,22H2,1-2H3,(H,24,26)(H,25,27)/b14-7+,21-6?. The van der Waals surface area contributed by atoms with Crippen LogP contribution in [0.4, 0.5) is 5.69 Å².